The lowest BCUT2D eigenvalue weighted by atomic mass is 10.3. The minimum absolute atomic E-state index is 0.269. The summed E-state index contributed by atoms with van der Waals surface area (Å²) in [7, 11) is 1.84. The first-order valence-electron chi connectivity index (χ1n) is 3.63. The van der Waals surface area contributed by atoms with Gasteiger partial charge in [0.1, 0.15) is 0 Å². The number of carbonyl (C=O) groups is 1. The predicted octanol–water partition coefficient (Wildman–Crippen LogP) is 0.309. The molecular weight excluding hydrogens is 154 g/mol. The third-order valence-electron chi connectivity index (χ3n) is 1.47. The first kappa shape index (κ1) is 8.52. The molecule has 0 radical (unpaired) electrons. The minimum atomic E-state index is -0.326. The van der Waals surface area contributed by atoms with Gasteiger partial charge in [-0.2, -0.15) is 5.10 Å². The van der Waals surface area contributed by atoms with E-state index in [1.807, 2.05) is 19.2 Å². The maximum atomic E-state index is 10.4. The molecule has 4 heteroatoms. The van der Waals surface area contributed by atoms with Gasteiger partial charge in [0.05, 0.1) is 5.69 Å². The molecule has 0 aliphatic rings. The van der Waals surface area contributed by atoms with Crippen molar-refractivity contribution in [1.82, 2.24) is 9.78 Å². The van der Waals surface area contributed by atoms with Crippen LogP contribution in [0.3, 0.4) is 0 Å². The van der Waals surface area contributed by atoms with Crippen LogP contribution in [0.25, 0.3) is 6.08 Å². The van der Waals surface area contributed by atoms with Gasteiger partial charge in [-0.05, 0) is 12.1 Å². The second kappa shape index (κ2) is 3.71. The normalized spacial score (nSPS) is 10.8. The maximum absolute atomic E-state index is 10.4. The highest BCUT2D eigenvalue weighted by Gasteiger charge is 1.92. The number of hydrogen-bond donors (Lipinski definition) is 1. The number of carbonyl (C=O) groups excluding carboxylic acids is 1. The van der Waals surface area contributed by atoms with Crippen molar-refractivity contribution in [2.24, 2.45) is 12.8 Å². The quantitative estimate of drug-likeness (QED) is 0.700. The molecule has 0 bridgehead atoms. The smallest absolute Gasteiger partial charge is 0.221 e. The fourth-order valence-electron chi connectivity index (χ4n) is 0.843. The van der Waals surface area contributed by atoms with E-state index in [1.54, 1.807) is 17.0 Å². The topological polar surface area (TPSA) is 60.9 Å². The van der Waals surface area contributed by atoms with Gasteiger partial charge < -0.3 is 5.73 Å². The SMILES string of the molecule is Cn1nccc1C=CCC(N)=O. The van der Waals surface area contributed by atoms with Gasteiger partial charge in [-0.3, -0.25) is 9.48 Å². The summed E-state index contributed by atoms with van der Waals surface area (Å²) in [5, 5.41) is 3.96. The van der Waals surface area contributed by atoms with Crippen LogP contribution in [0.5, 0.6) is 0 Å². The second-order valence-corrected chi connectivity index (χ2v) is 2.45. The van der Waals surface area contributed by atoms with Crippen LogP contribution in [-0.4, -0.2) is 15.7 Å². The summed E-state index contributed by atoms with van der Waals surface area (Å²) in [6.07, 6.45) is 5.51. The molecule has 1 aromatic rings. The number of nitrogens with two attached hydrogens (primary N) is 1. The Labute approximate surface area is 70.7 Å². The Balaban J connectivity index is 2.57. The molecule has 0 atom stereocenters. The molecule has 0 spiro atoms. The summed E-state index contributed by atoms with van der Waals surface area (Å²) in [6, 6.07) is 1.86. The largest absolute Gasteiger partial charge is 0.369 e. The summed E-state index contributed by atoms with van der Waals surface area (Å²) in [6.45, 7) is 0. The molecular formula is C8H11N3O. The van der Waals surface area contributed by atoms with Crippen molar-refractivity contribution in [2.75, 3.05) is 0 Å². The van der Waals surface area contributed by atoms with E-state index in [9.17, 15) is 4.79 Å². The van der Waals surface area contributed by atoms with E-state index >= 15 is 0 Å². The molecule has 1 heterocycles. The fraction of sp³-hybridized carbons (Fsp3) is 0.250. The van der Waals surface area contributed by atoms with Gasteiger partial charge >= 0.3 is 0 Å². The van der Waals surface area contributed by atoms with Crippen LogP contribution < -0.4 is 5.73 Å². The van der Waals surface area contributed by atoms with Crippen molar-refractivity contribution in [3.8, 4) is 0 Å². The lowest BCUT2D eigenvalue weighted by molar-refractivity contribution is -0.117. The Morgan fingerprint density at radius 1 is 1.83 bits per heavy atom. The van der Waals surface area contributed by atoms with Gasteiger partial charge in [0.2, 0.25) is 5.91 Å². The number of aryl methyl sites for hydroxylation is 1. The van der Waals surface area contributed by atoms with E-state index in [4.69, 9.17) is 5.73 Å². The van der Waals surface area contributed by atoms with Crippen molar-refractivity contribution in [3.63, 3.8) is 0 Å². The third kappa shape index (κ3) is 2.23. The molecule has 64 valence electrons. The lowest BCUT2D eigenvalue weighted by Crippen LogP contribution is -2.08. The molecule has 1 aromatic heterocycles. The van der Waals surface area contributed by atoms with Crippen molar-refractivity contribution in [3.05, 3.63) is 24.0 Å². The van der Waals surface area contributed by atoms with Crippen molar-refractivity contribution >= 4 is 12.0 Å². The number of rotatable bonds is 3. The lowest BCUT2D eigenvalue weighted by Gasteiger charge is -1.92. The molecule has 2 N–H and O–H groups in total. The Bertz CT molecular complexity index is 301. The van der Waals surface area contributed by atoms with Gasteiger partial charge in [-0.15, -0.1) is 0 Å². The first-order chi connectivity index (χ1) is 5.70. The number of nitrogens with zero attached hydrogens (tertiary/aromatic N) is 2. The number of hydrogen-bond acceptors (Lipinski definition) is 2. The van der Waals surface area contributed by atoms with E-state index in [2.05, 4.69) is 5.10 Å². The van der Waals surface area contributed by atoms with Crippen LogP contribution in [0.2, 0.25) is 0 Å². The van der Waals surface area contributed by atoms with Crippen molar-refractivity contribution < 1.29 is 4.79 Å². The number of primary amides is 1. The molecule has 0 aromatic carbocycles. The van der Waals surface area contributed by atoms with Crippen LogP contribution in [0.15, 0.2) is 18.3 Å². The van der Waals surface area contributed by atoms with Gasteiger partial charge in [0.25, 0.3) is 0 Å². The summed E-state index contributed by atoms with van der Waals surface area (Å²) in [5.74, 6) is -0.326. The maximum Gasteiger partial charge on any atom is 0.221 e. The first-order valence-corrected chi connectivity index (χ1v) is 3.63. The molecule has 0 unspecified atom stereocenters. The Morgan fingerprint density at radius 3 is 3.08 bits per heavy atom. The monoisotopic (exact) mass is 165 g/mol. The zero-order valence-electron chi connectivity index (χ0n) is 6.90. The summed E-state index contributed by atoms with van der Waals surface area (Å²) >= 11 is 0. The van der Waals surface area contributed by atoms with E-state index in [1.165, 1.54) is 0 Å². The van der Waals surface area contributed by atoms with Gasteiger partial charge in [0.15, 0.2) is 0 Å². The van der Waals surface area contributed by atoms with Crippen LogP contribution >= 0.6 is 0 Å². The zero-order chi connectivity index (χ0) is 8.97. The van der Waals surface area contributed by atoms with E-state index < -0.39 is 0 Å². The Hall–Kier alpha value is -1.58. The molecule has 0 aliphatic carbocycles. The van der Waals surface area contributed by atoms with Crippen LogP contribution in [-0.2, 0) is 11.8 Å². The highest BCUT2D eigenvalue weighted by molar-refractivity contribution is 5.76. The van der Waals surface area contributed by atoms with Gasteiger partial charge in [0, 0.05) is 19.7 Å². The Morgan fingerprint density at radius 2 is 2.58 bits per heavy atom. The molecule has 0 fully saturated rings. The van der Waals surface area contributed by atoms with Crippen LogP contribution in [0.1, 0.15) is 12.1 Å². The molecule has 1 rings (SSSR count). The average Bonchev–Trinajstić information content (AvgIpc) is 2.36. The van der Waals surface area contributed by atoms with Gasteiger partial charge in [-0.25, -0.2) is 0 Å². The number of aromatic nitrogens is 2. The Kier molecular flexibility index (Phi) is 2.63. The second-order valence-electron chi connectivity index (χ2n) is 2.45. The molecule has 0 aliphatic heterocycles. The van der Waals surface area contributed by atoms with Crippen molar-refractivity contribution in [2.45, 2.75) is 6.42 Å². The van der Waals surface area contributed by atoms with Crippen molar-refractivity contribution in [1.29, 1.82) is 0 Å². The third-order valence-corrected chi connectivity index (χ3v) is 1.47. The zero-order valence-corrected chi connectivity index (χ0v) is 6.90. The molecule has 0 saturated carbocycles. The predicted molar refractivity (Wildman–Crippen MR) is 46.1 cm³/mol. The van der Waals surface area contributed by atoms with Gasteiger partial charge in [-0.1, -0.05) is 6.08 Å². The molecule has 4 nitrogen and oxygen atoms in total. The summed E-state index contributed by atoms with van der Waals surface area (Å²) in [5.41, 5.74) is 5.91. The molecule has 1 amide bonds. The number of amides is 1. The fourth-order valence-corrected chi connectivity index (χ4v) is 0.843. The minimum Gasteiger partial charge on any atom is -0.369 e. The van der Waals surface area contributed by atoms with Crippen LogP contribution in [0, 0.1) is 0 Å². The molecule has 12 heavy (non-hydrogen) atoms. The standard InChI is InChI=1S/C8H11N3O/c1-11-7(5-6-10-11)3-2-4-8(9)12/h2-3,5-6H,4H2,1H3,(H2,9,12). The molecule has 0 saturated heterocycles. The highest BCUT2D eigenvalue weighted by Crippen LogP contribution is 1.99. The highest BCUT2D eigenvalue weighted by atomic mass is 16.1. The van der Waals surface area contributed by atoms with E-state index in [0.717, 1.165) is 5.69 Å². The summed E-state index contributed by atoms with van der Waals surface area (Å²) in [4.78, 5) is 10.4. The average molecular weight is 165 g/mol. The summed E-state index contributed by atoms with van der Waals surface area (Å²) < 4.78 is 1.72. The van der Waals surface area contributed by atoms with E-state index in [-0.39, 0.29) is 12.3 Å². The van der Waals surface area contributed by atoms with Crippen LogP contribution in [0.4, 0.5) is 0 Å². The van der Waals surface area contributed by atoms with E-state index in [0.29, 0.717) is 0 Å².